The van der Waals surface area contributed by atoms with Gasteiger partial charge in [-0.3, -0.25) is 10.6 Å². The molecule has 2 N–H and O–H groups in total. The number of aliphatic imine (C=N–C) groups is 1. The van der Waals surface area contributed by atoms with Gasteiger partial charge in [-0.05, 0) is 30.8 Å². The van der Waals surface area contributed by atoms with Gasteiger partial charge in [0.1, 0.15) is 0 Å². The number of carbonyl (C=O) groups is 1. The van der Waals surface area contributed by atoms with Crippen LogP contribution in [0.3, 0.4) is 0 Å². The average Bonchev–Trinajstić information content (AvgIpc) is 2.72. The quantitative estimate of drug-likeness (QED) is 0.741. The number of rotatable bonds is 2. The summed E-state index contributed by atoms with van der Waals surface area (Å²) in [5.41, 5.74) is 0.456. The Morgan fingerprint density at radius 1 is 1.61 bits per heavy atom. The maximum Gasteiger partial charge on any atom is 0.358 e. The van der Waals surface area contributed by atoms with Crippen molar-refractivity contribution in [1.29, 1.82) is 5.41 Å². The number of hydroxylamine groups is 2. The number of nitrogens with one attached hydrogen (secondary N) is 1. The highest BCUT2D eigenvalue weighted by molar-refractivity contribution is 8.18. The van der Waals surface area contributed by atoms with Gasteiger partial charge in [0.15, 0.2) is 10.9 Å². The van der Waals surface area contributed by atoms with Gasteiger partial charge >= 0.3 is 5.97 Å². The first-order valence-electron chi connectivity index (χ1n) is 5.23. The lowest BCUT2D eigenvalue weighted by molar-refractivity contribution is -0.134. The van der Waals surface area contributed by atoms with E-state index in [0.717, 1.165) is 16.8 Å². The van der Waals surface area contributed by atoms with Gasteiger partial charge in [-0.25, -0.2) is 14.9 Å². The molecule has 0 spiro atoms. The van der Waals surface area contributed by atoms with E-state index in [1.807, 2.05) is 0 Å². The van der Waals surface area contributed by atoms with Gasteiger partial charge in [0, 0.05) is 6.20 Å². The third-order valence-electron chi connectivity index (χ3n) is 2.17. The van der Waals surface area contributed by atoms with Crippen LogP contribution < -0.4 is 0 Å². The summed E-state index contributed by atoms with van der Waals surface area (Å²) in [5.74, 6) is -0.592. The molecule has 2 aliphatic heterocycles. The predicted molar refractivity (Wildman–Crippen MR) is 68.3 cm³/mol. The molecule has 2 heterocycles. The molecule has 94 valence electrons. The van der Waals surface area contributed by atoms with Gasteiger partial charge in [-0.1, -0.05) is 6.08 Å². The maximum atomic E-state index is 11.7. The Kier molecular flexibility index (Phi) is 3.63. The van der Waals surface area contributed by atoms with Gasteiger partial charge in [0.25, 0.3) is 0 Å². The Hall–Kier alpha value is -1.86. The molecule has 0 saturated carbocycles. The number of ether oxygens (including phenoxy) is 1. The molecule has 0 aromatic rings. The second-order valence-electron chi connectivity index (χ2n) is 3.35. The maximum absolute atomic E-state index is 11.7. The number of carbonyl (C=O) groups excluding carboxylic acids is 1. The normalized spacial score (nSPS) is 22.4. The molecule has 0 aromatic carbocycles. The first-order chi connectivity index (χ1) is 8.63. The largest absolute Gasteiger partial charge is 0.461 e. The van der Waals surface area contributed by atoms with E-state index in [0.29, 0.717) is 10.6 Å². The number of hydrogen-bond acceptors (Lipinski definition) is 6. The summed E-state index contributed by atoms with van der Waals surface area (Å²) < 4.78 is 4.87. The van der Waals surface area contributed by atoms with Crippen LogP contribution >= 0.6 is 11.8 Å². The molecular weight excluding hydrogens is 254 g/mol. The summed E-state index contributed by atoms with van der Waals surface area (Å²) in [6, 6.07) is 0. The standard InChI is InChI=1S/C11H11N3O3S/c1-2-17-10(15)8-9(18-11(12)13-8)7-5-3-4-6-14(7)16/h3-6,12,16H,2H2,1H3. The number of thioether (sulfide) groups is 1. The van der Waals surface area contributed by atoms with Crippen molar-refractivity contribution in [1.82, 2.24) is 5.06 Å². The van der Waals surface area contributed by atoms with E-state index in [9.17, 15) is 10.0 Å². The molecule has 0 bridgehead atoms. The van der Waals surface area contributed by atoms with E-state index in [1.165, 1.54) is 6.20 Å². The number of esters is 1. The molecule has 0 amide bonds. The van der Waals surface area contributed by atoms with Crippen LogP contribution in [0, 0.1) is 5.41 Å². The van der Waals surface area contributed by atoms with Crippen molar-refractivity contribution >= 4 is 28.6 Å². The Bertz CT molecular complexity index is 520. The van der Waals surface area contributed by atoms with Crippen molar-refractivity contribution < 1.29 is 14.7 Å². The van der Waals surface area contributed by atoms with Crippen molar-refractivity contribution in [2.45, 2.75) is 6.92 Å². The second kappa shape index (κ2) is 5.19. The van der Waals surface area contributed by atoms with E-state index in [-0.39, 0.29) is 17.5 Å². The lowest BCUT2D eigenvalue weighted by Crippen LogP contribution is -2.21. The first-order valence-corrected chi connectivity index (χ1v) is 6.05. The lowest BCUT2D eigenvalue weighted by Gasteiger charge is -2.17. The van der Waals surface area contributed by atoms with Crippen molar-refractivity contribution in [2.24, 2.45) is 4.99 Å². The van der Waals surface area contributed by atoms with Crippen molar-refractivity contribution in [3.8, 4) is 0 Å². The van der Waals surface area contributed by atoms with Crippen LogP contribution in [-0.4, -0.2) is 33.7 Å². The Morgan fingerprint density at radius 3 is 3.06 bits per heavy atom. The van der Waals surface area contributed by atoms with Gasteiger partial charge in [0.05, 0.1) is 17.2 Å². The fourth-order valence-electron chi connectivity index (χ4n) is 1.45. The van der Waals surface area contributed by atoms with Crippen molar-refractivity contribution in [3.05, 3.63) is 35.0 Å². The summed E-state index contributed by atoms with van der Waals surface area (Å²) in [5, 5.41) is 18.1. The van der Waals surface area contributed by atoms with Crippen LogP contribution in [0.2, 0.25) is 0 Å². The molecule has 2 rings (SSSR count). The Labute approximate surface area is 108 Å². The fourth-order valence-corrected chi connectivity index (χ4v) is 2.27. The molecule has 0 saturated heterocycles. The zero-order valence-electron chi connectivity index (χ0n) is 9.58. The van der Waals surface area contributed by atoms with Crippen molar-refractivity contribution in [3.63, 3.8) is 0 Å². The smallest absolute Gasteiger partial charge is 0.358 e. The number of allylic oxidation sites excluding steroid dienone is 3. The predicted octanol–water partition coefficient (Wildman–Crippen LogP) is 1.66. The summed E-state index contributed by atoms with van der Waals surface area (Å²) >= 11 is 1.01. The summed E-state index contributed by atoms with van der Waals surface area (Å²) in [7, 11) is 0. The monoisotopic (exact) mass is 265 g/mol. The molecule has 0 fully saturated rings. The van der Waals surface area contributed by atoms with Crippen LogP contribution in [-0.2, 0) is 9.53 Å². The minimum atomic E-state index is -0.592. The highest BCUT2D eigenvalue weighted by Crippen LogP contribution is 2.32. The fraction of sp³-hybridized carbons (Fsp3) is 0.182. The molecule has 18 heavy (non-hydrogen) atoms. The van der Waals surface area contributed by atoms with E-state index in [4.69, 9.17) is 10.1 Å². The Morgan fingerprint density at radius 2 is 2.39 bits per heavy atom. The van der Waals surface area contributed by atoms with Crippen LogP contribution in [0.15, 0.2) is 40.0 Å². The molecule has 0 aliphatic carbocycles. The van der Waals surface area contributed by atoms with Crippen molar-refractivity contribution in [2.75, 3.05) is 6.61 Å². The van der Waals surface area contributed by atoms with Crippen LogP contribution in [0.5, 0.6) is 0 Å². The second-order valence-corrected chi connectivity index (χ2v) is 4.35. The first kappa shape index (κ1) is 12.6. The molecule has 7 heteroatoms. The molecular formula is C11H11N3O3S. The molecule has 0 atom stereocenters. The van der Waals surface area contributed by atoms with E-state index < -0.39 is 5.97 Å². The zero-order valence-corrected chi connectivity index (χ0v) is 10.4. The lowest BCUT2D eigenvalue weighted by atomic mass is 10.2. The van der Waals surface area contributed by atoms with Gasteiger partial charge < -0.3 is 4.74 Å². The summed E-state index contributed by atoms with van der Waals surface area (Å²) in [6.45, 7) is 1.93. The minimum Gasteiger partial charge on any atom is -0.461 e. The highest BCUT2D eigenvalue weighted by atomic mass is 32.2. The molecule has 6 nitrogen and oxygen atoms in total. The molecule has 0 radical (unpaired) electrons. The highest BCUT2D eigenvalue weighted by Gasteiger charge is 2.30. The summed E-state index contributed by atoms with van der Waals surface area (Å²) in [4.78, 5) is 16.0. The molecule has 2 aliphatic rings. The van der Waals surface area contributed by atoms with E-state index in [1.54, 1.807) is 25.2 Å². The third-order valence-corrected chi connectivity index (χ3v) is 3.06. The minimum absolute atomic E-state index is 0.00286. The van der Waals surface area contributed by atoms with Gasteiger partial charge in [-0.2, -0.15) is 0 Å². The number of nitrogens with zero attached hydrogens (tertiary/aromatic N) is 2. The van der Waals surface area contributed by atoms with Crippen LogP contribution in [0.1, 0.15) is 6.92 Å². The van der Waals surface area contributed by atoms with E-state index in [2.05, 4.69) is 4.99 Å². The van der Waals surface area contributed by atoms with E-state index >= 15 is 0 Å². The number of hydrogen-bond donors (Lipinski definition) is 2. The summed E-state index contributed by atoms with van der Waals surface area (Å²) in [6.07, 6.45) is 6.44. The Balaban J connectivity index is 2.39. The topological polar surface area (TPSA) is 86.0 Å². The van der Waals surface area contributed by atoms with Gasteiger partial charge in [-0.15, -0.1) is 0 Å². The van der Waals surface area contributed by atoms with Crippen LogP contribution in [0.25, 0.3) is 0 Å². The SMILES string of the molecule is CCOC(=O)C1=NC(=N)SC1=C1C=CC=CN1O. The molecule has 0 unspecified atom stereocenters. The number of amidine groups is 1. The molecule has 0 aromatic heterocycles. The zero-order chi connectivity index (χ0) is 13.1. The average molecular weight is 265 g/mol. The van der Waals surface area contributed by atoms with Gasteiger partial charge in [0.2, 0.25) is 0 Å². The van der Waals surface area contributed by atoms with Crippen LogP contribution in [0.4, 0.5) is 0 Å². The third kappa shape index (κ3) is 2.36.